The zero-order chi connectivity index (χ0) is 12.3. The van der Waals surface area contributed by atoms with Crippen LogP contribution in [0.3, 0.4) is 0 Å². The van der Waals surface area contributed by atoms with Gasteiger partial charge in [0.2, 0.25) is 0 Å². The molecule has 0 unspecified atom stereocenters. The van der Waals surface area contributed by atoms with Crippen LogP contribution in [0.15, 0.2) is 18.2 Å². The van der Waals surface area contributed by atoms with E-state index in [9.17, 15) is 13.9 Å². The molecule has 0 aliphatic rings. The number of aliphatic hydroxyl groups excluding tert-OH is 1. The Labute approximate surface area is 94.1 Å². The van der Waals surface area contributed by atoms with Crippen LogP contribution in [0.25, 0.3) is 0 Å². The highest BCUT2D eigenvalue weighted by molar-refractivity contribution is 5.22. The van der Waals surface area contributed by atoms with Crippen LogP contribution in [0.5, 0.6) is 0 Å². The summed E-state index contributed by atoms with van der Waals surface area (Å²) in [4.78, 5) is 0. The van der Waals surface area contributed by atoms with Gasteiger partial charge in [0.1, 0.15) is 11.6 Å². The van der Waals surface area contributed by atoms with Gasteiger partial charge in [-0.25, -0.2) is 8.78 Å². The molecule has 90 valence electrons. The summed E-state index contributed by atoms with van der Waals surface area (Å²) in [5.41, 5.74) is 5.87. The predicted octanol–water partition coefficient (Wildman–Crippen LogP) is 2.37. The molecule has 0 saturated heterocycles. The molecule has 16 heavy (non-hydrogen) atoms. The maximum atomic E-state index is 13.4. The van der Waals surface area contributed by atoms with E-state index in [1.165, 1.54) is 6.07 Å². The Bertz CT molecular complexity index is 355. The number of benzene rings is 1. The van der Waals surface area contributed by atoms with E-state index < -0.39 is 23.8 Å². The molecule has 0 aliphatic heterocycles. The van der Waals surface area contributed by atoms with Gasteiger partial charge in [-0.3, -0.25) is 0 Å². The second-order valence-electron chi connectivity index (χ2n) is 4.39. The maximum absolute atomic E-state index is 13.4. The van der Waals surface area contributed by atoms with E-state index in [4.69, 9.17) is 5.73 Å². The number of aliphatic hydroxyl groups is 1. The molecule has 4 heteroatoms. The van der Waals surface area contributed by atoms with Gasteiger partial charge in [-0.05, 0) is 18.4 Å². The van der Waals surface area contributed by atoms with Crippen LogP contribution in [0.1, 0.15) is 31.9 Å². The van der Waals surface area contributed by atoms with Gasteiger partial charge in [0.05, 0.1) is 12.1 Å². The van der Waals surface area contributed by atoms with Gasteiger partial charge >= 0.3 is 0 Å². The lowest BCUT2D eigenvalue weighted by Crippen LogP contribution is -2.28. The predicted molar refractivity (Wildman–Crippen MR) is 58.7 cm³/mol. The smallest absolute Gasteiger partial charge is 0.130 e. The van der Waals surface area contributed by atoms with E-state index in [1.807, 2.05) is 13.8 Å². The van der Waals surface area contributed by atoms with E-state index in [0.29, 0.717) is 6.42 Å². The van der Waals surface area contributed by atoms with Crippen molar-refractivity contribution in [3.8, 4) is 0 Å². The van der Waals surface area contributed by atoms with Gasteiger partial charge in [0.25, 0.3) is 0 Å². The van der Waals surface area contributed by atoms with Gasteiger partial charge in [0.15, 0.2) is 0 Å². The molecular weight excluding hydrogens is 212 g/mol. The lowest BCUT2D eigenvalue weighted by Gasteiger charge is -2.21. The number of halogens is 2. The summed E-state index contributed by atoms with van der Waals surface area (Å²) in [6.45, 7) is 3.88. The lowest BCUT2D eigenvalue weighted by atomic mass is 9.95. The van der Waals surface area contributed by atoms with E-state index in [0.717, 1.165) is 12.1 Å². The molecular formula is C12H17F2NO. The number of rotatable bonds is 4. The molecule has 0 fully saturated rings. The van der Waals surface area contributed by atoms with Crippen molar-refractivity contribution in [3.05, 3.63) is 35.4 Å². The molecule has 1 aromatic carbocycles. The summed E-state index contributed by atoms with van der Waals surface area (Å²) in [7, 11) is 0. The third kappa shape index (κ3) is 3.25. The molecule has 0 amide bonds. The lowest BCUT2D eigenvalue weighted by molar-refractivity contribution is 0.119. The Morgan fingerprint density at radius 1 is 1.31 bits per heavy atom. The second kappa shape index (κ2) is 5.37. The zero-order valence-corrected chi connectivity index (χ0v) is 9.45. The van der Waals surface area contributed by atoms with E-state index in [-0.39, 0.29) is 11.5 Å². The summed E-state index contributed by atoms with van der Waals surface area (Å²) < 4.78 is 26.0. The van der Waals surface area contributed by atoms with Crippen LogP contribution >= 0.6 is 0 Å². The fraction of sp³-hybridized carbons (Fsp3) is 0.500. The van der Waals surface area contributed by atoms with Crippen LogP contribution in [-0.4, -0.2) is 11.2 Å². The molecule has 0 aliphatic carbocycles. The Morgan fingerprint density at radius 3 is 2.44 bits per heavy atom. The Morgan fingerprint density at radius 2 is 1.94 bits per heavy atom. The standard InChI is InChI=1S/C12H17F2NO/c1-7(2)5-11(16)12(15)9-4-3-8(13)6-10(9)14/h3-4,6-7,11-12,16H,5,15H2,1-2H3/t11-,12+/m1/s1. The summed E-state index contributed by atoms with van der Waals surface area (Å²) in [6, 6.07) is 2.37. The van der Waals surface area contributed by atoms with Crippen LogP contribution in [-0.2, 0) is 0 Å². The highest BCUT2D eigenvalue weighted by atomic mass is 19.1. The minimum Gasteiger partial charge on any atom is -0.391 e. The molecule has 0 radical (unpaired) electrons. The van der Waals surface area contributed by atoms with Crippen molar-refractivity contribution in [2.45, 2.75) is 32.4 Å². The van der Waals surface area contributed by atoms with Crippen LogP contribution in [0.4, 0.5) is 8.78 Å². The molecule has 1 aromatic rings. The second-order valence-corrected chi connectivity index (χ2v) is 4.39. The molecule has 0 saturated carbocycles. The van der Waals surface area contributed by atoms with Gasteiger partial charge in [-0.1, -0.05) is 19.9 Å². The SMILES string of the molecule is CC(C)C[C@@H](O)[C@@H](N)c1ccc(F)cc1F. The van der Waals surface area contributed by atoms with Crippen molar-refractivity contribution in [2.75, 3.05) is 0 Å². The van der Waals surface area contributed by atoms with Gasteiger partial charge in [-0.15, -0.1) is 0 Å². The average Bonchev–Trinajstić information content (AvgIpc) is 2.15. The van der Waals surface area contributed by atoms with Gasteiger partial charge in [0, 0.05) is 11.6 Å². The first-order valence-corrected chi connectivity index (χ1v) is 5.30. The Balaban J connectivity index is 2.83. The molecule has 3 N–H and O–H groups in total. The first-order valence-electron chi connectivity index (χ1n) is 5.30. The normalized spacial score (nSPS) is 15.2. The zero-order valence-electron chi connectivity index (χ0n) is 9.45. The quantitative estimate of drug-likeness (QED) is 0.832. The van der Waals surface area contributed by atoms with Crippen LogP contribution in [0.2, 0.25) is 0 Å². The minimum atomic E-state index is -0.819. The number of hydrogen-bond donors (Lipinski definition) is 2. The molecule has 0 aromatic heterocycles. The molecule has 1 rings (SSSR count). The number of nitrogens with two attached hydrogens (primary N) is 1. The molecule has 0 bridgehead atoms. The Hall–Kier alpha value is -1.00. The van der Waals surface area contributed by atoms with Crippen molar-refractivity contribution in [1.82, 2.24) is 0 Å². The maximum Gasteiger partial charge on any atom is 0.130 e. The molecule has 0 heterocycles. The van der Waals surface area contributed by atoms with Gasteiger partial charge < -0.3 is 10.8 Å². The topological polar surface area (TPSA) is 46.2 Å². The van der Waals surface area contributed by atoms with E-state index in [2.05, 4.69) is 0 Å². The largest absolute Gasteiger partial charge is 0.391 e. The highest BCUT2D eigenvalue weighted by Gasteiger charge is 2.21. The van der Waals surface area contributed by atoms with Crippen LogP contribution in [0, 0.1) is 17.6 Å². The minimum absolute atomic E-state index is 0.148. The third-order valence-corrected chi connectivity index (χ3v) is 2.45. The van der Waals surface area contributed by atoms with E-state index in [1.54, 1.807) is 0 Å². The summed E-state index contributed by atoms with van der Waals surface area (Å²) in [5, 5.41) is 9.75. The van der Waals surface area contributed by atoms with Gasteiger partial charge in [-0.2, -0.15) is 0 Å². The first kappa shape index (κ1) is 13.1. The average molecular weight is 229 g/mol. The Kier molecular flexibility index (Phi) is 4.38. The first-order chi connectivity index (χ1) is 7.41. The van der Waals surface area contributed by atoms with Crippen LogP contribution < -0.4 is 5.73 Å². The van der Waals surface area contributed by atoms with E-state index >= 15 is 0 Å². The monoisotopic (exact) mass is 229 g/mol. The fourth-order valence-corrected chi connectivity index (χ4v) is 1.61. The summed E-state index contributed by atoms with van der Waals surface area (Å²) in [6.07, 6.45) is -0.335. The van der Waals surface area contributed by atoms with Crippen molar-refractivity contribution in [3.63, 3.8) is 0 Å². The molecule has 2 atom stereocenters. The summed E-state index contributed by atoms with van der Waals surface area (Å²) >= 11 is 0. The number of hydrogen-bond acceptors (Lipinski definition) is 2. The summed E-state index contributed by atoms with van der Waals surface area (Å²) in [5.74, 6) is -1.09. The fourth-order valence-electron chi connectivity index (χ4n) is 1.61. The van der Waals surface area contributed by atoms with Crippen molar-refractivity contribution in [2.24, 2.45) is 11.7 Å². The van der Waals surface area contributed by atoms with Crippen molar-refractivity contribution < 1.29 is 13.9 Å². The van der Waals surface area contributed by atoms with Crippen molar-refractivity contribution >= 4 is 0 Å². The molecule has 2 nitrogen and oxygen atoms in total. The highest BCUT2D eigenvalue weighted by Crippen LogP contribution is 2.22. The molecule has 0 spiro atoms. The van der Waals surface area contributed by atoms with Crippen molar-refractivity contribution in [1.29, 1.82) is 0 Å². The third-order valence-electron chi connectivity index (χ3n) is 2.45.